The lowest BCUT2D eigenvalue weighted by Gasteiger charge is -2.25. The van der Waals surface area contributed by atoms with E-state index in [1.807, 2.05) is 13.8 Å². The van der Waals surface area contributed by atoms with E-state index in [9.17, 15) is 14.7 Å². The molecule has 0 aromatic carbocycles. The first-order valence-electron chi connectivity index (χ1n) is 7.30. The number of carbonyl (C=O) groups excluding carboxylic acids is 2. The third kappa shape index (κ3) is 3.15. The van der Waals surface area contributed by atoms with Crippen LogP contribution in [0.2, 0.25) is 0 Å². The fraction of sp³-hybridized carbons (Fsp3) is 0.857. The summed E-state index contributed by atoms with van der Waals surface area (Å²) in [4.78, 5) is 25.3. The number of nitrogens with one attached hydrogen (secondary N) is 1. The highest BCUT2D eigenvalue weighted by molar-refractivity contribution is 6.05. The second-order valence-corrected chi connectivity index (χ2v) is 5.93. The lowest BCUT2D eigenvalue weighted by atomic mass is 10.0. The number of carbonyl (C=O) groups is 2. The van der Waals surface area contributed by atoms with Gasteiger partial charge in [0.05, 0.1) is 18.6 Å². The Kier molecular flexibility index (Phi) is 4.58. The van der Waals surface area contributed by atoms with Gasteiger partial charge in [-0.25, -0.2) is 0 Å². The molecule has 1 saturated heterocycles. The molecule has 5 nitrogen and oxygen atoms in total. The second kappa shape index (κ2) is 6.01. The van der Waals surface area contributed by atoms with Gasteiger partial charge in [0.1, 0.15) is 0 Å². The van der Waals surface area contributed by atoms with Crippen molar-refractivity contribution in [1.29, 1.82) is 0 Å². The molecule has 0 spiro atoms. The Hall–Kier alpha value is -0.940. The Morgan fingerprint density at radius 3 is 2.53 bits per heavy atom. The minimum Gasteiger partial charge on any atom is -0.392 e. The molecule has 2 N–H and O–H groups in total. The molecule has 0 radical (unpaired) electrons. The molecule has 5 heteroatoms. The van der Waals surface area contributed by atoms with Gasteiger partial charge in [-0.1, -0.05) is 19.3 Å². The van der Waals surface area contributed by atoms with Crippen LogP contribution in [0.15, 0.2) is 0 Å². The van der Waals surface area contributed by atoms with Crippen LogP contribution in [0, 0.1) is 0 Å². The monoisotopic (exact) mass is 268 g/mol. The van der Waals surface area contributed by atoms with Crippen LogP contribution >= 0.6 is 0 Å². The second-order valence-electron chi connectivity index (χ2n) is 5.93. The van der Waals surface area contributed by atoms with E-state index in [0.29, 0.717) is 0 Å². The van der Waals surface area contributed by atoms with E-state index in [1.165, 1.54) is 4.90 Å². The Labute approximate surface area is 114 Å². The van der Waals surface area contributed by atoms with Crippen LogP contribution in [0.4, 0.5) is 0 Å². The SMILES string of the molecule is CC(C)N1C(=O)CC(NC2CCCCCC2O)C1=O. The molecule has 0 aromatic heterocycles. The van der Waals surface area contributed by atoms with E-state index in [1.54, 1.807) is 0 Å². The third-order valence-corrected chi connectivity index (χ3v) is 4.09. The third-order valence-electron chi connectivity index (χ3n) is 4.09. The molecule has 2 rings (SSSR count). The highest BCUT2D eigenvalue weighted by Gasteiger charge is 2.41. The number of likely N-dealkylation sites (tertiary alicyclic amines) is 1. The number of amides is 2. The molecule has 3 unspecified atom stereocenters. The average Bonchev–Trinajstić information content (AvgIpc) is 2.48. The van der Waals surface area contributed by atoms with Gasteiger partial charge in [-0.3, -0.25) is 14.5 Å². The van der Waals surface area contributed by atoms with Crippen LogP contribution < -0.4 is 5.32 Å². The molecule has 0 aromatic rings. The van der Waals surface area contributed by atoms with Crippen LogP contribution in [0.3, 0.4) is 0 Å². The van der Waals surface area contributed by atoms with E-state index in [-0.39, 0.29) is 30.3 Å². The topological polar surface area (TPSA) is 69.6 Å². The van der Waals surface area contributed by atoms with Gasteiger partial charge < -0.3 is 10.4 Å². The maximum Gasteiger partial charge on any atom is 0.247 e. The fourth-order valence-electron chi connectivity index (χ4n) is 3.06. The molecule has 1 heterocycles. The fourth-order valence-corrected chi connectivity index (χ4v) is 3.06. The molecule has 1 aliphatic carbocycles. The van der Waals surface area contributed by atoms with E-state index < -0.39 is 12.1 Å². The standard InChI is InChI=1S/C14H24N2O3/c1-9(2)16-13(18)8-11(14(16)19)15-10-6-4-3-5-7-12(10)17/h9-12,15,17H,3-8H2,1-2H3. The van der Waals surface area contributed by atoms with Crippen LogP contribution in [-0.2, 0) is 9.59 Å². The van der Waals surface area contributed by atoms with Gasteiger partial charge >= 0.3 is 0 Å². The minimum absolute atomic E-state index is 0.0589. The molecule has 1 saturated carbocycles. The van der Waals surface area contributed by atoms with Crippen LogP contribution in [0.5, 0.6) is 0 Å². The number of aliphatic hydroxyl groups excluding tert-OH is 1. The number of hydrogen-bond donors (Lipinski definition) is 2. The lowest BCUT2D eigenvalue weighted by molar-refractivity contribution is -0.140. The van der Waals surface area contributed by atoms with Gasteiger partial charge in [-0.2, -0.15) is 0 Å². The molecule has 0 bridgehead atoms. The molecule has 1 aliphatic heterocycles. The summed E-state index contributed by atoms with van der Waals surface area (Å²) in [5, 5.41) is 13.3. The zero-order valence-electron chi connectivity index (χ0n) is 11.8. The van der Waals surface area contributed by atoms with Crippen molar-refractivity contribution in [2.24, 2.45) is 0 Å². The van der Waals surface area contributed by atoms with Crippen molar-refractivity contribution in [1.82, 2.24) is 10.2 Å². The molecular weight excluding hydrogens is 244 g/mol. The van der Waals surface area contributed by atoms with E-state index in [2.05, 4.69) is 5.32 Å². The Bertz CT molecular complexity index is 357. The van der Waals surface area contributed by atoms with Gasteiger partial charge in [-0.05, 0) is 26.7 Å². The quantitative estimate of drug-likeness (QED) is 0.587. The van der Waals surface area contributed by atoms with Crippen molar-refractivity contribution in [3.05, 3.63) is 0 Å². The number of rotatable bonds is 3. The summed E-state index contributed by atoms with van der Waals surface area (Å²) >= 11 is 0. The van der Waals surface area contributed by atoms with Gasteiger partial charge in [0.15, 0.2) is 0 Å². The molecule has 19 heavy (non-hydrogen) atoms. The molecule has 2 fully saturated rings. The maximum absolute atomic E-state index is 12.2. The Morgan fingerprint density at radius 1 is 1.21 bits per heavy atom. The average molecular weight is 268 g/mol. The number of hydrogen-bond acceptors (Lipinski definition) is 4. The first-order chi connectivity index (χ1) is 9.00. The zero-order chi connectivity index (χ0) is 14.0. The van der Waals surface area contributed by atoms with Crippen LogP contribution in [-0.4, -0.2) is 46.1 Å². The summed E-state index contributed by atoms with van der Waals surface area (Å²) < 4.78 is 0. The predicted octanol–water partition coefficient (Wildman–Crippen LogP) is 0.805. The summed E-state index contributed by atoms with van der Waals surface area (Å²) in [5.74, 6) is -0.253. The smallest absolute Gasteiger partial charge is 0.247 e. The maximum atomic E-state index is 12.2. The normalized spacial score (nSPS) is 33.1. The van der Waals surface area contributed by atoms with E-state index in [4.69, 9.17) is 0 Å². The summed E-state index contributed by atoms with van der Waals surface area (Å²) in [6, 6.07) is -0.602. The van der Waals surface area contributed by atoms with Gasteiger partial charge in [0.25, 0.3) is 0 Å². The van der Waals surface area contributed by atoms with Crippen LogP contribution in [0.25, 0.3) is 0 Å². The summed E-state index contributed by atoms with van der Waals surface area (Å²) in [7, 11) is 0. The highest BCUT2D eigenvalue weighted by Crippen LogP contribution is 2.22. The number of imide groups is 1. The molecule has 108 valence electrons. The van der Waals surface area contributed by atoms with Crippen molar-refractivity contribution in [2.75, 3.05) is 0 Å². The summed E-state index contributed by atoms with van der Waals surface area (Å²) in [6.07, 6.45) is 4.71. The molecule has 2 aliphatic rings. The Balaban J connectivity index is 1.99. The predicted molar refractivity (Wildman–Crippen MR) is 71.4 cm³/mol. The minimum atomic E-state index is -0.451. The zero-order valence-corrected chi connectivity index (χ0v) is 11.8. The van der Waals surface area contributed by atoms with Crippen LogP contribution in [0.1, 0.15) is 52.4 Å². The number of nitrogens with zero attached hydrogens (tertiary/aromatic N) is 1. The van der Waals surface area contributed by atoms with Crippen molar-refractivity contribution < 1.29 is 14.7 Å². The van der Waals surface area contributed by atoms with Crippen molar-refractivity contribution in [3.63, 3.8) is 0 Å². The molecular formula is C14H24N2O3. The van der Waals surface area contributed by atoms with Gasteiger partial charge in [-0.15, -0.1) is 0 Å². The van der Waals surface area contributed by atoms with Gasteiger partial charge in [0, 0.05) is 12.1 Å². The molecule has 2 amide bonds. The van der Waals surface area contributed by atoms with Gasteiger partial charge in [0.2, 0.25) is 11.8 Å². The molecule has 3 atom stereocenters. The summed E-state index contributed by atoms with van der Waals surface area (Å²) in [5.41, 5.74) is 0. The highest BCUT2D eigenvalue weighted by atomic mass is 16.3. The first kappa shape index (κ1) is 14.5. The van der Waals surface area contributed by atoms with Crippen molar-refractivity contribution >= 4 is 11.8 Å². The number of aliphatic hydroxyl groups is 1. The Morgan fingerprint density at radius 2 is 1.89 bits per heavy atom. The summed E-state index contributed by atoms with van der Waals surface area (Å²) in [6.45, 7) is 3.69. The lowest BCUT2D eigenvalue weighted by Crippen LogP contribution is -2.49. The van der Waals surface area contributed by atoms with Crippen molar-refractivity contribution in [2.45, 2.75) is 76.6 Å². The van der Waals surface area contributed by atoms with E-state index >= 15 is 0 Å². The first-order valence-corrected chi connectivity index (χ1v) is 7.30. The van der Waals surface area contributed by atoms with Crippen molar-refractivity contribution in [3.8, 4) is 0 Å². The largest absolute Gasteiger partial charge is 0.392 e. The van der Waals surface area contributed by atoms with E-state index in [0.717, 1.165) is 32.1 Å².